The van der Waals surface area contributed by atoms with Crippen LogP contribution in [0.1, 0.15) is 72.6 Å². The third kappa shape index (κ3) is 80.5. The molecule has 0 bridgehead atoms. The van der Waals surface area contributed by atoms with E-state index in [1.54, 1.807) is 0 Å². The summed E-state index contributed by atoms with van der Waals surface area (Å²) in [6.45, 7) is 9.14. The van der Waals surface area contributed by atoms with Crippen LogP contribution >= 0.6 is 0 Å². The van der Waals surface area contributed by atoms with Crippen molar-refractivity contribution in [2.24, 2.45) is 0 Å². The van der Waals surface area contributed by atoms with Gasteiger partial charge in [0.25, 0.3) is 0 Å². The van der Waals surface area contributed by atoms with Crippen molar-refractivity contribution in [3.8, 4) is 0 Å². The van der Waals surface area contributed by atoms with Gasteiger partial charge in [0.05, 0.1) is 12.5 Å². The molecule has 0 atom stereocenters. The zero-order valence-corrected chi connectivity index (χ0v) is 18.6. The molecule has 7 nitrogen and oxygen atoms in total. The molecule has 0 aliphatic rings. The van der Waals surface area contributed by atoms with Crippen LogP contribution in [0.5, 0.6) is 0 Å². The summed E-state index contributed by atoms with van der Waals surface area (Å²) in [4.78, 5) is 0. The van der Waals surface area contributed by atoms with Gasteiger partial charge in [-0.1, -0.05) is 77.9 Å². The normalized spacial score (nSPS) is 8.96. The zero-order valence-electron chi connectivity index (χ0n) is 16.8. The molecule has 5 N–H and O–H groups in total. The second-order valence-corrected chi connectivity index (χ2v) is 5.72. The molecule has 0 fully saturated rings. The van der Waals surface area contributed by atoms with Gasteiger partial charge in [0.15, 0.2) is 0 Å². The molecule has 0 aliphatic carbocycles. The number of aliphatic hydroxyl groups excluding tert-OH is 1. The minimum atomic E-state index is -4.67. The van der Waals surface area contributed by atoms with Crippen LogP contribution in [-0.4, -0.2) is 34.7 Å². The summed E-state index contributed by atoms with van der Waals surface area (Å²) in [7, 11) is -4.67. The average molecular weight is 397 g/mol. The van der Waals surface area contributed by atoms with E-state index in [1.807, 2.05) is 0 Å². The molecule has 150 valence electrons. The SMILES string of the molecule is C=COC=C.CCCCCCCCCCCCO.O.O=S(=O)(O)O.[H-].[Na+]. The summed E-state index contributed by atoms with van der Waals surface area (Å²) >= 11 is 0. The van der Waals surface area contributed by atoms with E-state index >= 15 is 0 Å². The Labute approximate surface area is 177 Å². The number of rotatable bonds is 12. The largest absolute Gasteiger partial charge is 1.00 e. The fourth-order valence-electron chi connectivity index (χ4n) is 1.67. The van der Waals surface area contributed by atoms with Crippen molar-refractivity contribution >= 4 is 10.4 Å². The Morgan fingerprint density at radius 2 is 1.16 bits per heavy atom. The first-order valence-electron chi connectivity index (χ1n) is 8.01. The van der Waals surface area contributed by atoms with Crippen molar-refractivity contribution in [1.82, 2.24) is 0 Å². The van der Waals surface area contributed by atoms with Crippen molar-refractivity contribution < 1.29 is 63.8 Å². The summed E-state index contributed by atoms with van der Waals surface area (Å²) in [6, 6.07) is 0. The zero-order chi connectivity index (χ0) is 18.4. The van der Waals surface area contributed by atoms with Crippen LogP contribution in [0.4, 0.5) is 0 Å². The third-order valence-electron chi connectivity index (χ3n) is 2.70. The molecule has 25 heavy (non-hydrogen) atoms. The molecular formula is C16H37NaO7S. The van der Waals surface area contributed by atoms with Gasteiger partial charge in [0.2, 0.25) is 0 Å². The predicted molar refractivity (Wildman–Crippen MR) is 99.3 cm³/mol. The molecule has 0 rings (SSSR count). The summed E-state index contributed by atoms with van der Waals surface area (Å²) in [5, 5.41) is 8.57. The van der Waals surface area contributed by atoms with Gasteiger partial charge in [-0.25, -0.2) is 0 Å². The number of aliphatic hydroxyl groups is 1. The van der Waals surface area contributed by atoms with Gasteiger partial charge in [-0.3, -0.25) is 9.11 Å². The number of unbranched alkanes of at least 4 members (excludes halogenated alkanes) is 9. The third-order valence-corrected chi connectivity index (χ3v) is 2.70. The maximum atomic E-state index is 8.74. The van der Waals surface area contributed by atoms with Crippen molar-refractivity contribution in [2.45, 2.75) is 71.1 Å². The van der Waals surface area contributed by atoms with Crippen LogP contribution in [0, 0.1) is 0 Å². The molecule has 0 heterocycles. The van der Waals surface area contributed by atoms with E-state index in [0.717, 1.165) is 6.42 Å². The molecule has 0 spiro atoms. The Kier molecular flexibility index (Phi) is 45.9. The molecule has 9 heteroatoms. The van der Waals surface area contributed by atoms with Crippen LogP contribution in [0.25, 0.3) is 0 Å². The minimum absolute atomic E-state index is 0. The van der Waals surface area contributed by atoms with Gasteiger partial charge < -0.3 is 16.7 Å². The van der Waals surface area contributed by atoms with Crippen LogP contribution < -0.4 is 29.6 Å². The molecule has 0 unspecified atom stereocenters. The van der Waals surface area contributed by atoms with Crippen molar-refractivity contribution in [2.75, 3.05) is 6.61 Å². The van der Waals surface area contributed by atoms with E-state index < -0.39 is 10.4 Å². The average Bonchev–Trinajstić information content (AvgIpc) is 2.45. The van der Waals surface area contributed by atoms with Crippen LogP contribution in [0.2, 0.25) is 0 Å². The molecule has 0 amide bonds. The van der Waals surface area contributed by atoms with Crippen molar-refractivity contribution in [3.63, 3.8) is 0 Å². The molecule has 0 aromatic carbocycles. The molecule has 0 saturated carbocycles. The standard InChI is InChI=1S/C12H26O.C4H6O.Na.H2O4S.H2O.H/c1-2-3-4-5-6-7-8-9-10-11-12-13;1-3-5-4-2;;1-5(2,3)4;;/h13H,2-12H2,1H3;3-4H,1-2H2;;(H2,1,2,3,4);1H2;/q;;+1;;;-1. The van der Waals surface area contributed by atoms with Crippen LogP contribution in [0.3, 0.4) is 0 Å². The van der Waals surface area contributed by atoms with Crippen molar-refractivity contribution in [3.05, 3.63) is 25.7 Å². The van der Waals surface area contributed by atoms with Crippen LogP contribution in [0.15, 0.2) is 25.7 Å². The first-order chi connectivity index (χ1) is 10.8. The molecule has 0 saturated heterocycles. The topological polar surface area (TPSA) is 136 Å². The summed E-state index contributed by atoms with van der Waals surface area (Å²) in [6.07, 6.45) is 15.9. The van der Waals surface area contributed by atoms with E-state index in [1.165, 1.54) is 70.3 Å². The summed E-state index contributed by atoms with van der Waals surface area (Å²) < 4.78 is 35.9. The Morgan fingerprint density at radius 3 is 1.36 bits per heavy atom. The Bertz CT molecular complexity index is 317. The fraction of sp³-hybridized carbons (Fsp3) is 0.750. The maximum absolute atomic E-state index is 8.74. The predicted octanol–water partition coefficient (Wildman–Crippen LogP) is 0.829. The molecular weight excluding hydrogens is 359 g/mol. The van der Waals surface area contributed by atoms with E-state index in [9.17, 15) is 0 Å². The number of hydrogen-bond acceptors (Lipinski definition) is 4. The monoisotopic (exact) mass is 396 g/mol. The van der Waals surface area contributed by atoms with E-state index in [4.69, 9.17) is 22.6 Å². The number of hydrogen-bond donors (Lipinski definition) is 3. The molecule has 0 aliphatic heterocycles. The van der Waals surface area contributed by atoms with Gasteiger partial charge in [-0.05, 0) is 6.42 Å². The summed E-state index contributed by atoms with van der Waals surface area (Å²) in [5.74, 6) is 0. The number of ether oxygens (including phenoxy) is 1. The van der Waals surface area contributed by atoms with Gasteiger partial charge >= 0.3 is 40.0 Å². The fourth-order valence-corrected chi connectivity index (χ4v) is 1.67. The van der Waals surface area contributed by atoms with Gasteiger partial charge in [0.1, 0.15) is 0 Å². The van der Waals surface area contributed by atoms with Crippen LogP contribution in [-0.2, 0) is 15.1 Å². The van der Waals surface area contributed by atoms with Gasteiger partial charge in [0, 0.05) is 6.61 Å². The van der Waals surface area contributed by atoms with Gasteiger partial charge in [-0.2, -0.15) is 8.42 Å². The Balaban J connectivity index is -0.0000000652. The Morgan fingerprint density at radius 1 is 0.880 bits per heavy atom. The Hall–Kier alpha value is 0.0700. The van der Waals surface area contributed by atoms with Gasteiger partial charge in [-0.15, -0.1) is 0 Å². The van der Waals surface area contributed by atoms with E-state index in [0.29, 0.717) is 6.61 Å². The van der Waals surface area contributed by atoms with E-state index in [-0.39, 0.29) is 36.5 Å². The molecule has 0 aromatic heterocycles. The second kappa shape index (κ2) is 31.8. The first kappa shape index (κ1) is 36.1. The maximum Gasteiger partial charge on any atom is 1.00 e. The molecule has 0 radical (unpaired) electrons. The smallest absolute Gasteiger partial charge is 1.00 e. The first-order valence-corrected chi connectivity index (χ1v) is 9.41. The van der Waals surface area contributed by atoms with Crippen molar-refractivity contribution in [1.29, 1.82) is 0 Å². The molecule has 0 aromatic rings. The van der Waals surface area contributed by atoms with E-state index in [2.05, 4.69) is 24.8 Å². The second-order valence-electron chi connectivity index (χ2n) is 4.82. The summed E-state index contributed by atoms with van der Waals surface area (Å²) in [5.41, 5.74) is 0. The minimum Gasteiger partial charge on any atom is -1.00 e. The quantitative estimate of drug-likeness (QED) is 0.193.